The van der Waals surface area contributed by atoms with Crippen LogP contribution in [0.1, 0.15) is 68.3 Å². The number of nitrogens with one attached hydrogen (secondary N) is 1. The van der Waals surface area contributed by atoms with Crippen molar-refractivity contribution in [3.05, 3.63) is 64.3 Å². The highest BCUT2D eigenvalue weighted by Gasteiger charge is 2.54. The average Bonchev–Trinajstić information content (AvgIpc) is 3.15. The van der Waals surface area contributed by atoms with Crippen molar-refractivity contribution in [3.8, 4) is 5.75 Å². The quantitative estimate of drug-likeness (QED) is 0.539. The number of hydrogen-bond donors (Lipinski definition) is 1. The van der Waals surface area contributed by atoms with Crippen LogP contribution in [0.2, 0.25) is 5.02 Å². The summed E-state index contributed by atoms with van der Waals surface area (Å²) in [5, 5.41) is 1.95. The third kappa shape index (κ3) is 3.07. The van der Waals surface area contributed by atoms with E-state index in [2.05, 4.69) is 29.2 Å². The second-order valence-electron chi connectivity index (χ2n) is 9.50. The summed E-state index contributed by atoms with van der Waals surface area (Å²) in [5.74, 6) is 0.911. The zero-order valence-corrected chi connectivity index (χ0v) is 18.5. The molecular formula is C26H27ClN2O2. The molecule has 1 spiro atoms. The van der Waals surface area contributed by atoms with Crippen molar-refractivity contribution in [2.75, 3.05) is 6.54 Å². The Balaban J connectivity index is 1.55. The summed E-state index contributed by atoms with van der Waals surface area (Å²) in [6, 6.07) is 14.2. The maximum Gasteiger partial charge on any atom is 0.220 e. The SMILES string of the molecule is CC(=O)N1CC2(CC2)c2c([nH]c3ccccc23)C1c1ccc(Cl)cc1OC1CCCC1. The van der Waals surface area contributed by atoms with Crippen molar-refractivity contribution >= 4 is 28.4 Å². The van der Waals surface area contributed by atoms with Crippen molar-refractivity contribution < 1.29 is 9.53 Å². The molecule has 3 aliphatic rings. The summed E-state index contributed by atoms with van der Waals surface area (Å²) < 4.78 is 6.49. The fourth-order valence-electron chi connectivity index (χ4n) is 5.79. The zero-order valence-electron chi connectivity index (χ0n) is 17.8. The van der Waals surface area contributed by atoms with Gasteiger partial charge in [0, 0.05) is 46.1 Å². The van der Waals surface area contributed by atoms with Gasteiger partial charge in [0.1, 0.15) is 11.8 Å². The molecule has 6 rings (SSSR count). The highest BCUT2D eigenvalue weighted by molar-refractivity contribution is 6.30. The lowest BCUT2D eigenvalue weighted by Crippen LogP contribution is -2.44. The van der Waals surface area contributed by atoms with Gasteiger partial charge in [-0.3, -0.25) is 4.79 Å². The first-order valence-electron chi connectivity index (χ1n) is 11.4. The number of benzene rings is 2. The van der Waals surface area contributed by atoms with Gasteiger partial charge in [0.15, 0.2) is 0 Å². The third-order valence-electron chi connectivity index (χ3n) is 7.45. The van der Waals surface area contributed by atoms with Gasteiger partial charge in [-0.05, 0) is 62.3 Å². The number of ether oxygens (including phenoxy) is 1. The monoisotopic (exact) mass is 434 g/mol. The third-order valence-corrected chi connectivity index (χ3v) is 7.68. The Morgan fingerprint density at radius 1 is 1.16 bits per heavy atom. The largest absolute Gasteiger partial charge is 0.490 e. The van der Waals surface area contributed by atoms with Gasteiger partial charge in [0.2, 0.25) is 5.91 Å². The second-order valence-corrected chi connectivity index (χ2v) is 9.93. The number of rotatable bonds is 3. The molecule has 1 atom stereocenters. The molecule has 1 unspecified atom stereocenters. The minimum absolute atomic E-state index is 0.0794. The standard InChI is InChI=1S/C26H27ClN2O2/c1-16(30)29-15-26(12-13-26)23-19-8-4-5-9-21(19)28-24(23)25(29)20-11-10-17(27)14-22(20)31-18-6-2-3-7-18/h4-5,8-11,14,18,25,28H,2-3,6-7,12-13,15H2,1H3. The molecule has 0 saturated heterocycles. The van der Waals surface area contributed by atoms with Crippen LogP contribution < -0.4 is 4.74 Å². The number of carbonyl (C=O) groups is 1. The molecule has 160 valence electrons. The van der Waals surface area contributed by atoms with E-state index >= 15 is 0 Å². The Morgan fingerprint density at radius 3 is 2.68 bits per heavy atom. The van der Waals surface area contributed by atoms with Gasteiger partial charge in [-0.2, -0.15) is 0 Å². The van der Waals surface area contributed by atoms with E-state index in [1.54, 1.807) is 6.92 Å². The Bertz CT molecular complexity index is 1170. The fraction of sp³-hybridized carbons (Fsp3) is 0.423. The lowest BCUT2D eigenvalue weighted by molar-refractivity contribution is -0.131. The fourth-order valence-corrected chi connectivity index (χ4v) is 5.95. The van der Waals surface area contributed by atoms with E-state index in [1.807, 2.05) is 23.1 Å². The van der Waals surface area contributed by atoms with Gasteiger partial charge in [-0.15, -0.1) is 0 Å². The number of aromatic nitrogens is 1. The Kier molecular flexibility index (Phi) is 4.36. The molecule has 2 saturated carbocycles. The van der Waals surface area contributed by atoms with E-state index in [1.165, 1.54) is 23.8 Å². The number of para-hydroxylation sites is 1. The van der Waals surface area contributed by atoms with E-state index < -0.39 is 0 Å². The first kappa shape index (κ1) is 19.2. The zero-order chi connectivity index (χ0) is 21.2. The number of nitrogens with zero attached hydrogens (tertiary/aromatic N) is 1. The molecule has 2 fully saturated rings. The van der Waals surface area contributed by atoms with Gasteiger partial charge < -0.3 is 14.6 Å². The van der Waals surface area contributed by atoms with E-state index in [9.17, 15) is 4.79 Å². The molecule has 4 nitrogen and oxygen atoms in total. The Morgan fingerprint density at radius 2 is 1.94 bits per heavy atom. The van der Waals surface area contributed by atoms with Crippen LogP contribution in [0.5, 0.6) is 5.75 Å². The Hall–Kier alpha value is -2.46. The van der Waals surface area contributed by atoms with Crippen LogP contribution in [-0.4, -0.2) is 28.4 Å². The number of aromatic amines is 1. The molecule has 0 bridgehead atoms. The van der Waals surface area contributed by atoms with Crippen LogP contribution >= 0.6 is 11.6 Å². The predicted octanol–water partition coefficient (Wildman–Crippen LogP) is 6.13. The van der Waals surface area contributed by atoms with Crippen LogP contribution in [-0.2, 0) is 10.2 Å². The van der Waals surface area contributed by atoms with Crippen molar-refractivity contribution in [1.82, 2.24) is 9.88 Å². The van der Waals surface area contributed by atoms with Gasteiger partial charge in [0.05, 0.1) is 6.10 Å². The van der Waals surface area contributed by atoms with E-state index in [0.29, 0.717) is 5.02 Å². The normalized spacial score (nSPS) is 22.1. The minimum atomic E-state index is -0.195. The summed E-state index contributed by atoms with van der Waals surface area (Å²) in [6.07, 6.45) is 7.05. The molecule has 1 N–H and O–H groups in total. The van der Waals surface area contributed by atoms with Crippen molar-refractivity contribution in [2.24, 2.45) is 0 Å². The highest BCUT2D eigenvalue weighted by atomic mass is 35.5. The van der Waals surface area contributed by atoms with Gasteiger partial charge in [-0.25, -0.2) is 0 Å². The van der Waals surface area contributed by atoms with Crippen molar-refractivity contribution in [1.29, 1.82) is 0 Å². The molecule has 5 heteroatoms. The molecule has 2 heterocycles. The topological polar surface area (TPSA) is 45.3 Å². The van der Waals surface area contributed by atoms with E-state index in [4.69, 9.17) is 16.3 Å². The smallest absolute Gasteiger partial charge is 0.220 e. The van der Waals surface area contributed by atoms with Crippen LogP contribution in [0.4, 0.5) is 0 Å². The number of amides is 1. The lowest BCUT2D eigenvalue weighted by Gasteiger charge is -2.40. The summed E-state index contributed by atoms with van der Waals surface area (Å²) in [6.45, 7) is 2.44. The molecule has 1 aliphatic heterocycles. The molecule has 0 radical (unpaired) electrons. The molecule has 3 aromatic rings. The first-order valence-corrected chi connectivity index (χ1v) is 11.8. The number of halogens is 1. The van der Waals surface area contributed by atoms with Crippen LogP contribution in [0.25, 0.3) is 10.9 Å². The van der Waals surface area contributed by atoms with Gasteiger partial charge in [-0.1, -0.05) is 35.9 Å². The number of H-pyrrole nitrogens is 1. The van der Waals surface area contributed by atoms with E-state index in [0.717, 1.165) is 54.8 Å². The summed E-state index contributed by atoms with van der Waals surface area (Å²) in [5.41, 5.74) is 4.78. The summed E-state index contributed by atoms with van der Waals surface area (Å²) in [7, 11) is 0. The van der Waals surface area contributed by atoms with Crippen molar-refractivity contribution in [2.45, 2.75) is 63.0 Å². The summed E-state index contributed by atoms with van der Waals surface area (Å²) >= 11 is 6.39. The van der Waals surface area contributed by atoms with Gasteiger partial charge in [0.25, 0.3) is 0 Å². The maximum absolute atomic E-state index is 12.9. The maximum atomic E-state index is 12.9. The molecular weight excluding hydrogens is 408 g/mol. The number of fused-ring (bicyclic) bond motifs is 4. The lowest BCUT2D eigenvalue weighted by atomic mass is 9.83. The molecule has 2 aliphatic carbocycles. The van der Waals surface area contributed by atoms with Crippen LogP contribution in [0.3, 0.4) is 0 Å². The highest BCUT2D eigenvalue weighted by Crippen LogP contribution is 2.58. The molecule has 2 aromatic carbocycles. The predicted molar refractivity (Wildman–Crippen MR) is 123 cm³/mol. The summed E-state index contributed by atoms with van der Waals surface area (Å²) in [4.78, 5) is 18.6. The first-order chi connectivity index (χ1) is 15.1. The van der Waals surface area contributed by atoms with Gasteiger partial charge >= 0.3 is 0 Å². The number of hydrogen-bond acceptors (Lipinski definition) is 2. The van der Waals surface area contributed by atoms with Crippen LogP contribution in [0.15, 0.2) is 42.5 Å². The second kappa shape index (κ2) is 7.03. The minimum Gasteiger partial charge on any atom is -0.490 e. The molecule has 1 aromatic heterocycles. The van der Waals surface area contributed by atoms with Crippen molar-refractivity contribution in [3.63, 3.8) is 0 Å². The van der Waals surface area contributed by atoms with E-state index in [-0.39, 0.29) is 23.5 Å². The number of carbonyl (C=O) groups excluding carboxylic acids is 1. The average molecular weight is 435 g/mol. The molecule has 31 heavy (non-hydrogen) atoms. The molecule has 1 amide bonds. The Labute approximate surface area is 187 Å². The van der Waals surface area contributed by atoms with Crippen LogP contribution in [0, 0.1) is 0 Å².